The van der Waals surface area contributed by atoms with Crippen LogP contribution in [0.2, 0.25) is 0 Å². The zero-order chi connectivity index (χ0) is 18.7. The molecule has 2 heterocycles. The third-order valence-electron chi connectivity index (χ3n) is 4.54. The van der Waals surface area contributed by atoms with E-state index in [0.29, 0.717) is 17.9 Å². The van der Waals surface area contributed by atoms with Gasteiger partial charge in [-0.1, -0.05) is 18.2 Å². The van der Waals surface area contributed by atoms with Gasteiger partial charge in [-0.15, -0.1) is 0 Å². The quantitative estimate of drug-likeness (QED) is 0.773. The van der Waals surface area contributed by atoms with Gasteiger partial charge in [0.05, 0.1) is 18.1 Å². The van der Waals surface area contributed by atoms with Crippen LogP contribution in [0.3, 0.4) is 0 Å². The lowest BCUT2D eigenvalue weighted by Crippen LogP contribution is -2.43. The predicted octanol–water partition coefficient (Wildman–Crippen LogP) is 2.49. The molecule has 1 aromatic heterocycles. The number of carbonyl (C=O) groups is 1. The molecule has 0 bridgehead atoms. The predicted molar refractivity (Wildman–Crippen MR) is 97.7 cm³/mol. The van der Waals surface area contributed by atoms with Crippen molar-refractivity contribution in [1.29, 1.82) is 0 Å². The first-order valence-corrected chi connectivity index (χ1v) is 10.4. The van der Waals surface area contributed by atoms with Crippen molar-refractivity contribution in [2.45, 2.75) is 32.9 Å². The van der Waals surface area contributed by atoms with Gasteiger partial charge in [0.25, 0.3) is 5.91 Å². The molecule has 1 aliphatic rings. The average Bonchev–Trinajstić information content (AvgIpc) is 3.16. The highest BCUT2D eigenvalue weighted by Gasteiger charge is 2.35. The Balaban J connectivity index is 1.73. The Hall–Kier alpha value is -2.28. The maximum absolute atomic E-state index is 12.8. The van der Waals surface area contributed by atoms with Crippen molar-refractivity contribution < 1.29 is 22.4 Å². The van der Waals surface area contributed by atoms with Crippen LogP contribution < -0.4 is 4.74 Å². The minimum atomic E-state index is -3.10. The van der Waals surface area contributed by atoms with E-state index in [-0.39, 0.29) is 36.6 Å². The summed E-state index contributed by atoms with van der Waals surface area (Å²) in [4.78, 5) is 14.4. The van der Waals surface area contributed by atoms with Gasteiger partial charge in [-0.25, -0.2) is 8.42 Å². The van der Waals surface area contributed by atoms with E-state index < -0.39 is 9.84 Å². The van der Waals surface area contributed by atoms with Crippen LogP contribution in [0.25, 0.3) is 0 Å². The zero-order valence-corrected chi connectivity index (χ0v) is 15.8. The van der Waals surface area contributed by atoms with Gasteiger partial charge in [-0.05, 0) is 44.0 Å². The summed E-state index contributed by atoms with van der Waals surface area (Å²) < 4.78 is 34.9. The number of para-hydroxylation sites is 1. The molecule has 1 atom stereocenters. The van der Waals surface area contributed by atoms with Crippen molar-refractivity contribution >= 4 is 15.7 Å². The number of benzene rings is 1. The molecule has 2 aromatic rings. The van der Waals surface area contributed by atoms with Crippen LogP contribution in [-0.4, -0.2) is 43.4 Å². The highest BCUT2D eigenvalue weighted by atomic mass is 32.2. The Labute approximate surface area is 153 Å². The first kappa shape index (κ1) is 18.5. The highest BCUT2D eigenvalue weighted by Crippen LogP contribution is 2.22. The number of aryl methyl sites for hydroxylation is 2. The fourth-order valence-electron chi connectivity index (χ4n) is 3.12. The van der Waals surface area contributed by atoms with Gasteiger partial charge < -0.3 is 14.1 Å². The number of hydrogen-bond acceptors (Lipinski definition) is 5. The number of hydrogen-bond donors (Lipinski definition) is 0. The van der Waals surface area contributed by atoms with E-state index >= 15 is 0 Å². The molecule has 1 fully saturated rings. The molecular formula is C19H23NO5S. The fourth-order valence-corrected chi connectivity index (χ4v) is 4.85. The summed E-state index contributed by atoms with van der Waals surface area (Å²) in [6.07, 6.45) is 0.443. The smallest absolute Gasteiger partial charge is 0.261 e. The van der Waals surface area contributed by atoms with E-state index in [1.165, 1.54) is 0 Å². The van der Waals surface area contributed by atoms with Crippen LogP contribution in [0, 0.1) is 13.8 Å². The first-order valence-electron chi connectivity index (χ1n) is 8.58. The normalized spacial score (nSPS) is 18.6. The third-order valence-corrected chi connectivity index (χ3v) is 6.29. The summed E-state index contributed by atoms with van der Waals surface area (Å²) in [5, 5.41) is 0. The van der Waals surface area contributed by atoms with Crippen LogP contribution in [0.15, 0.2) is 40.8 Å². The van der Waals surface area contributed by atoms with E-state index in [9.17, 15) is 13.2 Å². The van der Waals surface area contributed by atoms with Crippen LogP contribution in [0.5, 0.6) is 5.75 Å². The molecule has 0 spiro atoms. The Bertz CT molecular complexity index is 887. The van der Waals surface area contributed by atoms with Crippen molar-refractivity contribution in [3.63, 3.8) is 0 Å². The molecule has 1 saturated heterocycles. The summed E-state index contributed by atoms with van der Waals surface area (Å²) in [7, 11) is -3.10. The van der Waals surface area contributed by atoms with Gasteiger partial charge in [-0.3, -0.25) is 4.79 Å². The minimum Gasteiger partial charge on any atom is -0.484 e. The van der Waals surface area contributed by atoms with Crippen molar-refractivity contribution in [2.24, 2.45) is 0 Å². The average molecular weight is 377 g/mol. The van der Waals surface area contributed by atoms with E-state index in [4.69, 9.17) is 9.15 Å². The molecule has 6 nitrogen and oxygen atoms in total. The lowest BCUT2D eigenvalue weighted by Gasteiger charge is -2.27. The Kier molecular flexibility index (Phi) is 5.36. The van der Waals surface area contributed by atoms with Crippen LogP contribution in [0.4, 0.5) is 0 Å². The monoisotopic (exact) mass is 377 g/mol. The van der Waals surface area contributed by atoms with Crippen molar-refractivity contribution in [2.75, 3.05) is 18.1 Å². The van der Waals surface area contributed by atoms with Crippen molar-refractivity contribution in [1.82, 2.24) is 4.90 Å². The van der Waals surface area contributed by atoms with E-state index in [2.05, 4.69) is 0 Å². The van der Waals surface area contributed by atoms with E-state index in [0.717, 1.165) is 11.3 Å². The molecule has 7 heteroatoms. The molecule has 0 radical (unpaired) electrons. The van der Waals surface area contributed by atoms with Gasteiger partial charge in [0, 0.05) is 6.04 Å². The van der Waals surface area contributed by atoms with Gasteiger partial charge >= 0.3 is 0 Å². The minimum absolute atomic E-state index is 0.0111. The molecule has 1 amide bonds. The van der Waals surface area contributed by atoms with Gasteiger partial charge in [0.15, 0.2) is 16.4 Å². The summed E-state index contributed by atoms with van der Waals surface area (Å²) in [6.45, 7) is 3.84. The largest absolute Gasteiger partial charge is 0.484 e. The first-order chi connectivity index (χ1) is 12.3. The van der Waals surface area contributed by atoms with Gasteiger partial charge in [-0.2, -0.15) is 0 Å². The number of rotatable bonds is 6. The number of nitrogens with zero attached hydrogens (tertiary/aromatic N) is 1. The molecule has 0 aliphatic carbocycles. The van der Waals surface area contributed by atoms with Crippen molar-refractivity contribution in [3.8, 4) is 5.75 Å². The highest BCUT2D eigenvalue weighted by molar-refractivity contribution is 7.91. The zero-order valence-electron chi connectivity index (χ0n) is 15.0. The van der Waals surface area contributed by atoms with E-state index in [1.54, 1.807) is 11.0 Å². The molecule has 0 N–H and O–H groups in total. The maximum atomic E-state index is 12.8. The van der Waals surface area contributed by atoms with Gasteiger partial charge in [0.1, 0.15) is 17.3 Å². The Morgan fingerprint density at radius 1 is 1.23 bits per heavy atom. The van der Waals surface area contributed by atoms with Crippen LogP contribution in [0.1, 0.15) is 23.5 Å². The van der Waals surface area contributed by atoms with E-state index in [1.807, 2.05) is 44.2 Å². The SMILES string of the molecule is Cc1ccc(CN(C(=O)COc2ccccc2C)[C@@H]2CCS(=O)(=O)C2)o1. The lowest BCUT2D eigenvalue weighted by molar-refractivity contribution is -0.136. The molecule has 1 aliphatic heterocycles. The van der Waals surface area contributed by atoms with Crippen LogP contribution in [-0.2, 0) is 21.2 Å². The standard InChI is InChI=1S/C19H23NO5S/c1-14-5-3-4-6-18(14)24-12-19(21)20(11-17-8-7-15(2)25-17)16-9-10-26(22,23)13-16/h3-8,16H,9-13H2,1-2H3/t16-/m1/s1. The summed E-state index contributed by atoms with van der Waals surface area (Å²) in [5.41, 5.74) is 0.942. The molecule has 0 unspecified atom stereocenters. The Morgan fingerprint density at radius 3 is 2.62 bits per heavy atom. The second kappa shape index (κ2) is 7.53. The topological polar surface area (TPSA) is 76.8 Å². The lowest BCUT2D eigenvalue weighted by atomic mass is 10.2. The molecule has 26 heavy (non-hydrogen) atoms. The summed E-state index contributed by atoms with van der Waals surface area (Å²) in [5.74, 6) is 1.89. The molecule has 3 rings (SSSR count). The third kappa shape index (κ3) is 4.46. The molecule has 0 saturated carbocycles. The molecule has 1 aromatic carbocycles. The Morgan fingerprint density at radius 2 is 2.00 bits per heavy atom. The second-order valence-corrected chi connectivity index (χ2v) is 8.87. The molecule has 140 valence electrons. The fraction of sp³-hybridized carbons (Fsp3) is 0.421. The molecular weight excluding hydrogens is 354 g/mol. The second-order valence-electron chi connectivity index (χ2n) is 6.65. The maximum Gasteiger partial charge on any atom is 0.261 e. The number of ether oxygens (including phenoxy) is 1. The van der Waals surface area contributed by atoms with Gasteiger partial charge in [0.2, 0.25) is 0 Å². The number of furan rings is 1. The van der Waals surface area contributed by atoms with Crippen LogP contribution >= 0.6 is 0 Å². The number of sulfone groups is 1. The number of amides is 1. The summed E-state index contributed by atoms with van der Waals surface area (Å²) in [6, 6.07) is 10.8. The number of carbonyl (C=O) groups excluding carboxylic acids is 1. The summed E-state index contributed by atoms with van der Waals surface area (Å²) >= 11 is 0. The van der Waals surface area contributed by atoms with Crippen molar-refractivity contribution in [3.05, 3.63) is 53.5 Å².